The SMILES string of the molecule is Cc1cn(-c2ccc(/C=C3\CCCN4C3=NC3(CCOCC3)N4c3ccc(F)cc3)c3c2CC3)cn1. The minimum Gasteiger partial charge on any atom is -0.381 e. The van der Waals surface area contributed by atoms with Crippen molar-refractivity contribution in [3.63, 3.8) is 0 Å². The topological polar surface area (TPSA) is 45.9 Å². The molecule has 2 aromatic carbocycles. The van der Waals surface area contributed by atoms with Gasteiger partial charge in [-0.05, 0) is 91.3 Å². The molecular weight excluding hydrogens is 453 g/mol. The van der Waals surface area contributed by atoms with Crippen LogP contribution in [0, 0.1) is 12.7 Å². The van der Waals surface area contributed by atoms with E-state index in [0.717, 1.165) is 62.3 Å². The maximum absolute atomic E-state index is 13.8. The minimum atomic E-state index is -0.372. The van der Waals surface area contributed by atoms with E-state index in [0.29, 0.717) is 13.2 Å². The van der Waals surface area contributed by atoms with Crippen LogP contribution in [-0.4, -0.2) is 45.8 Å². The van der Waals surface area contributed by atoms with E-state index in [1.54, 1.807) is 12.1 Å². The maximum Gasteiger partial charge on any atom is 0.157 e. The van der Waals surface area contributed by atoms with Gasteiger partial charge in [0.15, 0.2) is 5.66 Å². The second-order valence-corrected chi connectivity index (χ2v) is 10.3. The highest BCUT2D eigenvalue weighted by molar-refractivity contribution is 6.05. The van der Waals surface area contributed by atoms with E-state index in [-0.39, 0.29) is 11.5 Å². The fourth-order valence-electron chi connectivity index (χ4n) is 6.18. The van der Waals surface area contributed by atoms with Crippen molar-refractivity contribution in [1.82, 2.24) is 14.6 Å². The number of fused-ring (bicyclic) bond motifs is 2. The number of hydrogen-bond donors (Lipinski definition) is 0. The Labute approximate surface area is 210 Å². The number of aromatic nitrogens is 2. The summed E-state index contributed by atoms with van der Waals surface area (Å²) in [6.45, 7) is 4.31. The van der Waals surface area contributed by atoms with Gasteiger partial charge in [-0.2, -0.15) is 0 Å². The van der Waals surface area contributed by atoms with Crippen LogP contribution in [0.5, 0.6) is 0 Å². The van der Waals surface area contributed by atoms with Crippen LogP contribution in [-0.2, 0) is 17.6 Å². The molecule has 6 nitrogen and oxygen atoms in total. The number of anilines is 1. The quantitative estimate of drug-likeness (QED) is 0.511. The Morgan fingerprint density at radius 2 is 1.81 bits per heavy atom. The summed E-state index contributed by atoms with van der Waals surface area (Å²) in [5.41, 5.74) is 8.35. The van der Waals surface area contributed by atoms with Crippen LogP contribution in [0.2, 0.25) is 0 Å². The Hall–Kier alpha value is -3.45. The summed E-state index contributed by atoms with van der Waals surface area (Å²) in [6, 6.07) is 11.3. The number of benzene rings is 2. The van der Waals surface area contributed by atoms with E-state index in [1.165, 1.54) is 28.0 Å². The van der Waals surface area contributed by atoms with Crippen LogP contribution in [0.3, 0.4) is 0 Å². The molecule has 7 heteroatoms. The molecule has 0 unspecified atom stereocenters. The van der Waals surface area contributed by atoms with Gasteiger partial charge in [0.2, 0.25) is 0 Å². The third kappa shape index (κ3) is 3.40. The van der Waals surface area contributed by atoms with Gasteiger partial charge in [-0.25, -0.2) is 14.4 Å². The summed E-state index contributed by atoms with van der Waals surface area (Å²) in [6.07, 6.45) is 12.3. The minimum absolute atomic E-state index is 0.216. The Kier molecular flexibility index (Phi) is 5.03. The highest BCUT2D eigenvalue weighted by Gasteiger charge is 2.49. The predicted octanol–water partition coefficient (Wildman–Crippen LogP) is 5.24. The third-order valence-electron chi connectivity index (χ3n) is 8.05. The summed E-state index contributed by atoms with van der Waals surface area (Å²) >= 11 is 0. The van der Waals surface area contributed by atoms with Crippen LogP contribution in [0.15, 0.2) is 59.5 Å². The molecule has 0 N–H and O–H groups in total. The van der Waals surface area contributed by atoms with E-state index in [4.69, 9.17) is 9.73 Å². The first kappa shape index (κ1) is 21.8. The zero-order valence-corrected chi connectivity index (χ0v) is 20.6. The Morgan fingerprint density at radius 1 is 1.00 bits per heavy atom. The van der Waals surface area contributed by atoms with Crippen LogP contribution in [0.25, 0.3) is 11.8 Å². The van der Waals surface area contributed by atoms with Gasteiger partial charge in [0.25, 0.3) is 0 Å². The number of ether oxygens (including phenoxy) is 1. The van der Waals surface area contributed by atoms with E-state index in [2.05, 4.69) is 44.0 Å². The number of aliphatic imine (C=N–C) groups is 1. The molecule has 4 heterocycles. The van der Waals surface area contributed by atoms with Crippen molar-refractivity contribution in [3.05, 3.63) is 82.7 Å². The predicted molar refractivity (Wildman–Crippen MR) is 139 cm³/mol. The van der Waals surface area contributed by atoms with Crippen LogP contribution < -0.4 is 5.01 Å². The van der Waals surface area contributed by atoms with Crippen LogP contribution in [0.1, 0.15) is 48.1 Å². The van der Waals surface area contributed by atoms with Crippen molar-refractivity contribution in [3.8, 4) is 5.69 Å². The molecule has 3 aromatic rings. The molecule has 0 bridgehead atoms. The lowest BCUT2D eigenvalue weighted by atomic mass is 9.82. The zero-order chi connectivity index (χ0) is 24.3. The largest absolute Gasteiger partial charge is 0.381 e. The highest BCUT2D eigenvalue weighted by atomic mass is 19.1. The monoisotopic (exact) mass is 483 g/mol. The van der Waals surface area contributed by atoms with Gasteiger partial charge in [0.1, 0.15) is 11.7 Å². The summed E-state index contributed by atoms with van der Waals surface area (Å²) < 4.78 is 21.6. The molecule has 7 rings (SSSR count). The van der Waals surface area contributed by atoms with Crippen molar-refractivity contribution < 1.29 is 9.13 Å². The van der Waals surface area contributed by atoms with Crippen molar-refractivity contribution in [1.29, 1.82) is 0 Å². The smallest absolute Gasteiger partial charge is 0.157 e. The van der Waals surface area contributed by atoms with E-state index in [9.17, 15) is 4.39 Å². The van der Waals surface area contributed by atoms with Gasteiger partial charge in [0.05, 0.1) is 30.9 Å². The number of halogens is 1. The van der Waals surface area contributed by atoms with Crippen molar-refractivity contribution in [2.24, 2.45) is 4.99 Å². The molecule has 3 aliphatic heterocycles. The molecule has 1 aliphatic carbocycles. The van der Waals surface area contributed by atoms with Gasteiger partial charge < -0.3 is 9.30 Å². The molecule has 4 aliphatic rings. The molecular formula is C29H30FN5O. The number of nitrogens with zero attached hydrogens (tertiary/aromatic N) is 5. The summed E-state index contributed by atoms with van der Waals surface area (Å²) in [5.74, 6) is 0.848. The van der Waals surface area contributed by atoms with Crippen LogP contribution in [0.4, 0.5) is 10.1 Å². The number of hydrazine groups is 1. The molecule has 2 fully saturated rings. The first-order valence-corrected chi connectivity index (χ1v) is 13.0. The normalized spacial score (nSPS) is 21.4. The highest BCUT2D eigenvalue weighted by Crippen LogP contribution is 2.43. The average molecular weight is 484 g/mol. The number of imidazole rings is 1. The summed E-state index contributed by atoms with van der Waals surface area (Å²) in [4.78, 5) is 9.82. The molecule has 0 saturated carbocycles. The molecule has 0 amide bonds. The molecule has 184 valence electrons. The lowest BCUT2D eigenvalue weighted by Crippen LogP contribution is -2.56. The fourth-order valence-corrected chi connectivity index (χ4v) is 6.18. The maximum atomic E-state index is 13.8. The van der Waals surface area contributed by atoms with Gasteiger partial charge in [-0.15, -0.1) is 0 Å². The number of aryl methyl sites for hydroxylation is 1. The standard InChI is InChI=1S/C29H30FN5O/c1-20-18-33(19-31-20)27-11-4-21(25-9-10-26(25)27)17-22-3-2-14-34-28(22)32-29(12-15-36-16-13-29)35(34)24-7-5-23(30)6-8-24/h4-8,11,17-19H,2-3,9-10,12-16H2,1H3/b22-17+. The van der Waals surface area contributed by atoms with E-state index < -0.39 is 0 Å². The van der Waals surface area contributed by atoms with Gasteiger partial charge in [-0.3, -0.25) is 10.0 Å². The molecule has 1 aromatic heterocycles. The Morgan fingerprint density at radius 3 is 2.53 bits per heavy atom. The first-order valence-electron chi connectivity index (χ1n) is 13.0. The fraction of sp³-hybridized carbons (Fsp3) is 0.379. The van der Waals surface area contributed by atoms with Gasteiger partial charge in [-0.1, -0.05) is 6.07 Å². The molecule has 1 spiro atoms. The molecule has 36 heavy (non-hydrogen) atoms. The van der Waals surface area contributed by atoms with Crippen molar-refractivity contribution in [2.75, 3.05) is 24.8 Å². The summed E-state index contributed by atoms with van der Waals surface area (Å²) in [7, 11) is 0. The zero-order valence-electron chi connectivity index (χ0n) is 20.6. The average Bonchev–Trinajstić information content (AvgIpc) is 3.43. The number of amidine groups is 1. The summed E-state index contributed by atoms with van der Waals surface area (Å²) in [5, 5.41) is 4.66. The lowest BCUT2D eigenvalue weighted by molar-refractivity contribution is 0.0460. The van der Waals surface area contributed by atoms with Crippen molar-refractivity contribution >= 4 is 17.6 Å². The Bertz CT molecular complexity index is 1380. The second kappa shape index (κ2) is 8.30. The van der Waals surface area contributed by atoms with Crippen molar-refractivity contribution in [2.45, 2.75) is 51.1 Å². The molecule has 0 atom stereocenters. The molecule has 2 saturated heterocycles. The first-order chi connectivity index (χ1) is 17.6. The van der Waals surface area contributed by atoms with Crippen LogP contribution >= 0.6 is 0 Å². The number of hydrogen-bond acceptors (Lipinski definition) is 5. The molecule has 0 radical (unpaired) electrons. The second-order valence-electron chi connectivity index (χ2n) is 10.3. The third-order valence-corrected chi connectivity index (χ3v) is 8.05. The number of piperidine rings is 1. The Balaban J connectivity index is 1.28. The van der Waals surface area contributed by atoms with E-state index in [1.807, 2.05) is 25.4 Å². The number of rotatable bonds is 3. The van der Waals surface area contributed by atoms with Gasteiger partial charge >= 0.3 is 0 Å². The lowest BCUT2D eigenvalue weighted by Gasteiger charge is -2.45. The van der Waals surface area contributed by atoms with Gasteiger partial charge in [0, 0.05) is 31.3 Å². The van der Waals surface area contributed by atoms with E-state index >= 15 is 0 Å².